The fourth-order valence-corrected chi connectivity index (χ4v) is 2.21. The number of benzene rings is 1. The van der Waals surface area contributed by atoms with Crippen molar-refractivity contribution in [2.24, 2.45) is 5.92 Å². The predicted molar refractivity (Wildman–Crippen MR) is 86.0 cm³/mol. The van der Waals surface area contributed by atoms with Gasteiger partial charge in [-0.05, 0) is 23.6 Å². The molecule has 0 aromatic heterocycles. The van der Waals surface area contributed by atoms with Crippen molar-refractivity contribution in [2.45, 2.75) is 32.7 Å². The molecule has 9 nitrogen and oxygen atoms in total. The summed E-state index contributed by atoms with van der Waals surface area (Å²) >= 11 is 0. The number of carbonyl (C=O) groups is 2. The summed E-state index contributed by atoms with van der Waals surface area (Å²) in [4.78, 5) is 40.4. The molecule has 10 heteroatoms. The van der Waals surface area contributed by atoms with Crippen molar-refractivity contribution < 1.29 is 34.1 Å². The summed E-state index contributed by atoms with van der Waals surface area (Å²) in [6.45, 7) is 3.73. The minimum absolute atomic E-state index is 0.0157. The average Bonchev–Trinajstić information content (AvgIpc) is 2.44. The molecule has 1 rings (SSSR count). The van der Waals surface area contributed by atoms with Crippen LogP contribution in [0.5, 0.6) is 11.5 Å². The number of carboxylic acids is 1. The van der Waals surface area contributed by atoms with Crippen molar-refractivity contribution in [3.8, 4) is 11.5 Å². The number of hydrazine groups is 1. The summed E-state index contributed by atoms with van der Waals surface area (Å²) in [6, 6.07) is 2.92. The fourth-order valence-electron chi connectivity index (χ4n) is 1.88. The lowest BCUT2D eigenvalue weighted by Crippen LogP contribution is -2.49. The van der Waals surface area contributed by atoms with E-state index in [1.54, 1.807) is 0 Å². The van der Waals surface area contributed by atoms with E-state index >= 15 is 0 Å². The Morgan fingerprint density at radius 3 is 2.46 bits per heavy atom. The molecule has 0 spiro atoms. The van der Waals surface area contributed by atoms with E-state index in [0.29, 0.717) is 5.56 Å². The molecule has 0 aliphatic heterocycles. The molecule has 0 fully saturated rings. The third-order valence-electron chi connectivity index (χ3n) is 2.92. The minimum Gasteiger partial charge on any atom is -0.504 e. The van der Waals surface area contributed by atoms with Crippen LogP contribution in [-0.2, 0) is 16.0 Å². The molecule has 1 aromatic carbocycles. The van der Waals surface area contributed by atoms with Crippen LogP contribution in [0, 0.1) is 5.92 Å². The van der Waals surface area contributed by atoms with Crippen molar-refractivity contribution >= 4 is 20.5 Å². The number of phenols is 1. The molecule has 1 atom stereocenters. The molecule has 0 saturated carbocycles. The Labute approximate surface area is 140 Å². The number of rotatable bonds is 9. The first-order valence-corrected chi connectivity index (χ1v) is 8.30. The normalized spacial score (nSPS) is 12.2. The second-order valence-electron chi connectivity index (χ2n) is 5.53. The van der Waals surface area contributed by atoms with Crippen molar-refractivity contribution in [1.29, 1.82) is 0 Å². The van der Waals surface area contributed by atoms with E-state index in [-0.39, 0.29) is 36.2 Å². The van der Waals surface area contributed by atoms with E-state index < -0.39 is 20.6 Å². The quantitative estimate of drug-likeness (QED) is 0.278. The van der Waals surface area contributed by atoms with Crippen LogP contribution in [0.25, 0.3) is 0 Å². The maximum atomic E-state index is 11.6. The number of hydrogen-bond donors (Lipinski definition) is 6. The monoisotopic (exact) mass is 360 g/mol. The number of nitrogens with one attached hydrogen (secondary N) is 2. The van der Waals surface area contributed by atoms with Gasteiger partial charge in [0, 0.05) is 12.8 Å². The van der Waals surface area contributed by atoms with Gasteiger partial charge in [0.15, 0.2) is 11.5 Å². The van der Waals surface area contributed by atoms with Gasteiger partial charge in [0.1, 0.15) is 6.04 Å². The molecule has 24 heavy (non-hydrogen) atoms. The second kappa shape index (κ2) is 9.39. The van der Waals surface area contributed by atoms with Crippen LogP contribution in [0.2, 0.25) is 0 Å². The first-order valence-electron chi connectivity index (χ1n) is 7.14. The molecular formula is C14H21N2O7P. The Bertz CT molecular complexity index is 580. The van der Waals surface area contributed by atoms with E-state index in [4.69, 9.17) is 9.79 Å². The summed E-state index contributed by atoms with van der Waals surface area (Å²) in [7, 11) is -2.66. The van der Waals surface area contributed by atoms with Crippen LogP contribution in [0.1, 0.15) is 25.8 Å². The van der Waals surface area contributed by atoms with E-state index in [1.807, 2.05) is 13.8 Å². The molecule has 0 bridgehead atoms. The van der Waals surface area contributed by atoms with Gasteiger partial charge in [-0.1, -0.05) is 19.9 Å². The molecule has 1 unspecified atom stereocenters. The van der Waals surface area contributed by atoms with E-state index in [9.17, 15) is 19.8 Å². The van der Waals surface area contributed by atoms with Crippen molar-refractivity contribution in [2.75, 3.05) is 0 Å². The van der Waals surface area contributed by atoms with Crippen LogP contribution >= 0.6 is 8.60 Å². The third kappa shape index (κ3) is 7.10. The number of phenolic OH excluding ortho intramolecular Hbond substituents is 1. The molecule has 0 heterocycles. The summed E-state index contributed by atoms with van der Waals surface area (Å²) in [5, 5.41) is 18.9. The molecule has 134 valence electrons. The molecular weight excluding hydrogens is 339 g/mol. The topological polar surface area (TPSA) is 148 Å². The molecule has 1 amide bonds. The average molecular weight is 360 g/mol. The Balaban J connectivity index is 2.70. The fraction of sp³-hybridized carbons (Fsp3) is 0.429. The Hall–Kier alpha value is -1.93. The number of hydrogen-bond acceptors (Lipinski definition) is 7. The first kappa shape index (κ1) is 20.1. The van der Waals surface area contributed by atoms with Crippen LogP contribution in [0.4, 0.5) is 0 Å². The number of aromatic hydroxyl groups is 1. The maximum Gasteiger partial charge on any atom is 0.391 e. The molecule has 0 aliphatic carbocycles. The van der Waals surface area contributed by atoms with Crippen LogP contribution < -0.4 is 15.4 Å². The highest BCUT2D eigenvalue weighted by Crippen LogP contribution is 2.36. The number of carboxylic acid groups (broad SMARTS) is 1. The first-order chi connectivity index (χ1) is 11.2. The van der Waals surface area contributed by atoms with E-state index in [0.717, 1.165) is 0 Å². The van der Waals surface area contributed by atoms with Gasteiger partial charge >= 0.3 is 14.6 Å². The summed E-state index contributed by atoms with van der Waals surface area (Å²) in [5.74, 6) is -1.82. The molecule has 0 saturated heterocycles. The summed E-state index contributed by atoms with van der Waals surface area (Å²) in [6.07, 6.45) is 0.246. The van der Waals surface area contributed by atoms with Gasteiger partial charge in [-0.25, -0.2) is 5.43 Å². The smallest absolute Gasteiger partial charge is 0.391 e. The van der Waals surface area contributed by atoms with Crippen LogP contribution in [0.3, 0.4) is 0 Å². The second-order valence-corrected chi connectivity index (χ2v) is 6.22. The van der Waals surface area contributed by atoms with Gasteiger partial charge in [-0.2, -0.15) is 0 Å². The molecule has 0 radical (unpaired) electrons. The SMILES string of the molecule is CC(C)CC(=O)NNC(Cc1ccc(OP(O)O)c(O)c1)C(=O)O. The predicted octanol–water partition coefficient (Wildman–Crippen LogP) is 0.645. The molecule has 6 N–H and O–H groups in total. The molecule has 1 aromatic rings. The van der Waals surface area contributed by atoms with Crippen molar-refractivity contribution in [3.63, 3.8) is 0 Å². The Morgan fingerprint density at radius 1 is 1.29 bits per heavy atom. The van der Waals surface area contributed by atoms with Gasteiger partial charge in [0.25, 0.3) is 0 Å². The summed E-state index contributed by atoms with van der Waals surface area (Å²) in [5.41, 5.74) is 5.25. The van der Waals surface area contributed by atoms with Gasteiger partial charge in [-0.15, -0.1) is 0 Å². The largest absolute Gasteiger partial charge is 0.504 e. The highest BCUT2D eigenvalue weighted by atomic mass is 31.2. The van der Waals surface area contributed by atoms with Gasteiger partial charge in [-0.3, -0.25) is 15.0 Å². The van der Waals surface area contributed by atoms with E-state index in [2.05, 4.69) is 15.4 Å². The van der Waals surface area contributed by atoms with Crippen molar-refractivity contribution in [3.05, 3.63) is 23.8 Å². The highest BCUT2D eigenvalue weighted by molar-refractivity contribution is 7.39. The molecule has 0 aliphatic rings. The third-order valence-corrected chi connectivity index (χ3v) is 3.28. The Kier molecular flexibility index (Phi) is 7.87. The maximum absolute atomic E-state index is 11.6. The summed E-state index contributed by atoms with van der Waals surface area (Å²) < 4.78 is 4.61. The van der Waals surface area contributed by atoms with E-state index in [1.165, 1.54) is 18.2 Å². The Morgan fingerprint density at radius 2 is 1.96 bits per heavy atom. The number of amides is 1. The van der Waals surface area contributed by atoms with Gasteiger partial charge in [0.05, 0.1) is 0 Å². The minimum atomic E-state index is -2.66. The number of aliphatic carboxylic acids is 1. The number of carbonyl (C=O) groups excluding carboxylic acids is 1. The zero-order valence-corrected chi connectivity index (χ0v) is 14.2. The highest BCUT2D eigenvalue weighted by Gasteiger charge is 2.20. The zero-order chi connectivity index (χ0) is 18.3. The lowest BCUT2D eigenvalue weighted by Gasteiger charge is -2.16. The van der Waals surface area contributed by atoms with Gasteiger partial charge < -0.3 is 24.5 Å². The van der Waals surface area contributed by atoms with Crippen molar-refractivity contribution in [1.82, 2.24) is 10.9 Å². The van der Waals surface area contributed by atoms with Crippen LogP contribution in [0.15, 0.2) is 18.2 Å². The van der Waals surface area contributed by atoms with Crippen LogP contribution in [-0.4, -0.2) is 37.9 Å². The lowest BCUT2D eigenvalue weighted by atomic mass is 10.1. The standard InChI is InChI=1S/C14H21N2O7P/c1-8(2)5-13(18)16-15-10(14(19)20)6-9-3-4-12(11(17)7-9)23-24(21)22/h3-4,7-8,10,15,17,21-22H,5-6H2,1-2H3,(H,16,18)(H,19,20). The lowest BCUT2D eigenvalue weighted by molar-refractivity contribution is -0.140. The van der Waals surface area contributed by atoms with Gasteiger partial charge in [0.2, 0.25) is 5.91 Å². The zero-order valence-electron chi connectivity index (χ0n) is 13.3.